The summed E-state index contributed by atoms with van der Waals surface area (Å²) < 4.78 is 18.3. The van der Waals surface area contributed by atoms with E-state index < -0.39 is 6.04 Å². The van der Waals surface area contributed by atoms with Crippen molar-refractivity contribution in [1.29, 1.82) is 0 Å². The maximum Gasteiger partial charge on any atom is 0.319 e. The molecule has 2 aromatic rings. The fraction of sp³-hybridized carbons (Fsp3) is 0.200. The van der Waals surface area contributed by atoms with Gasteiger partial charge in [0.05, 0.1) is 31.0 Å². The highest BCUT2D eigenvalue weighted by Gasteiger charge is 2.40. The number of urea groups is 1. The summed E-state index contributed by atoms with van der Waals surface area (Å²) in [5, 5.41) is 5.56. The highest BCUT2D eigenvalue weighted by Crippen LogP contribution is 2.33. The summed E-state index contributed by atoms with van der Waals surface area (Å²) in [5.41, 5.74) is 2.76. The molecule has 0 bridgehead atoms. The van der Waals surface area contributed by atoms with Gasteiger partial charge in [-0.3, -0.25) is 4.79 Å². The predicted molar refractivity (Wildman–Crippen MR) is 96.2 cm³/mol. The second-order valence-electron chi connectivity index (χ2n) is 6.48. The molecule has 2 aliphatic heterocycles. The van der Waals surface area contributed by atoms with Crippen molar-refractivity contribution in [3.8, 4) is 5.75 Å². The molecule has 0 fully saturated rings. The molecule has 0 saturated carbocycles. The minimum Gasteiger partial charge on any atom is -0.497 e. The molecule has 0 aliphatic carbocycles. The Kier molecular flexibility index (Phi) is 4.27. The number of benzene rings is 2. The number of methoxy groups -OCH3 is 1. The Labute approximate surface area is 155 Å². The summed E-state index contributed by atoms with van der Waals surface area (Å²) in [4.78, 5) is 26.7. The van der Waals surface area contributed by atoms with Crippen LogP contribution in [-0.2, 0) is 11.3 Å². The van der Waals surface area contributed by atoms with E-state index in [0.29, 0.717) is 30.1 Å². The second-order valence-corrected chi connectivity index (χ2v) is 6.48. The summed E-state index contributed by atoms with van der Waals surface area (Å²) >= 11 is 0. The molecule has 27 heavy (non-hydrogen) atoms. The molecule has 2 heterocycles. The SMILES string of the molecule is COc1ccc([C@@H]2NC(=O)NC3=C2C(=O)N(Cc2ccc(F)cc2)C3)cc1. The molecule has 2 aliphatic rings. The summed E-state index contributed by atoms with van der Waals surface area (Å²) in [7, 11) is 1.58. The number of nitrogens with one attached hydrogen (secondary N) is 2. The Morgan fingerprint density at radius 2 is 1.81 bits per heavy atom. The normalized spacial score (nSPS) is 18.9. The van der Waals surface area contributed by atoms with Crippen LogP contribution in [0, 0.1) is 5.82 Å². The van der Waals surface area contributed by atoms with Crippen LogP contribution in [0.2, 0.25) is 0 Å². The van der Waals surface area contributed by atoms with Crippen molar-refractivity contribution in [3.63, 3.8) is 0 Å². The van der Waals surface area contributed by atoms with Crippen molar-refractivity contribution >= 4 is 11.9 Å². The van der Waals surface area contributed by atoms with Gasteiger partial charge in [-0.1, -0.05) is 24.3 Å². The van der Waals surface area contributed by atoms with Gasteiger partial charge < -0.3 is 20.3 Å². The summed E-state index contributed by atoms with van der Waals surface area (Å²) in [6.45, 7) is 0.656. The third kappa shape index (κ3) is 3.23. The minimum absolute atomic E-state index is 0.150. The number of hydrogen-bond acceptors (Lipinski definition) is 3. The van der Waals surface area contributed by atoms with Crippen LogP contribution in [0.3, 0.4) is 0 Å². The first-order valence-electron chi connectivity index (χ1n) is 8.53. The first-order valence-corrected chi connectivity index (χ1v) is 8.53. The van der Waals surface area contributed by atoms with Gasteiger partial charge in [-0.2, -0.15) is 0 Å². The van der Waals surface area contributed by atoms with Gasteiger partial charge in [0.2, 0.25) is 0 Å². The lowest BCUT2D eigenvalue weighted by Crippen LogP contribution is -2.44. The van der Waals surface area contributed by atoms with Crippen molar-refractivity contribution in [2.45, 2.75) is 12.6 Å². The molecule has 0 aromatic heterocycles. The van der Waals surface area contributed by atoms with Crippen molar-refractivity contribution < 1.29 is 18.7 Å². The molecule has 138 valence electrons. The third-order valence-electron chi connectivity index (χ3n) is 4.76. The van der Waals surface area contributed by atoms with Gasteiger partial charge in [0.25, 0.3) is 5.91 Å². The van der Waals surface area contributed by atoms with Gasteiger partial charge in [-0.15, -0.1) is 0 Å². The van der Waals surface area contributed by atoms with E-state index in [1.165, 1.54) is 12.1 Å². The van der Waals surface area contributed by atoms with Crippen molar-refractivity contribution in [1.82, 2.24) is 15.5 Å². The van der Waals surface area contributed by atoms with E-state index >= 15 is 0 Å². The van der Waals surface area contributed by atoms with Crippen molar-refractivity contribution in [3.05, 3.63) is 76.7 Å². The van der Waals surface area contributed by atoms with Gasteiger partial charge >= 0.3 is 6.03 Å². The zero-order valence-corrected chi connectivity index (χ0v) is 14.7. The van der Waals surface area contributed by atoms with Gasteiger partial charge in [0.15, 0.2) is 0 Å². The highest BCUT2D eigenvalue weighted by molar-refractivity contribution is 6.01. The lowest BCUT2D eigenvalue weighted by molar-refractivity contribution is -0.126. The van der Waals surface area contributed by atoms with E-state index in [9.17, 15) is 14.0 Å². The summed E-state index contributed by atoms with van der Waals surface area (Å²) in [6, 6.07) is 12.4. The maximum atomic E-state index is 13.1. The molecule has 3 amide bonds. The van der Waals surface area contributed by atoms with E-state index in [1.54, 1.807) is 36.3 Å². The topological polar surface area (TPSA) is 70.7 Å². The Hall–Kier alpha value is -3.35. The Morgan fingerprint density at radius 1 is 1.11 bits per heavy atom. The molecule has 0 spiro atoms. The number of rotatable bonds is 4. The number of carbonyl (C=O) groups excluding carboxylic acids is 2. The Bertz CT molecular complexity index is 922. The molecule has 0 saturated heterocycles. The molecular weight excluding hydrogens is 349 g/mol. The zero-order valence-electron chi connectivity index (χ0n) is 14.7. The molecule has 2 aromatic carbocycles. The van der Waals surface area contributed by atoms with Gasteiger partial charge in [0.1, 0.15) is 11.6 Å². The van der Waals surface area contributed by atoms with Crippen LogP contribution >= 0.6 is 0 Å². The first-order chi connectivity index (χ1) is 13.0. The fourth-order valence-corrected chi connectivity index (χ4v) is 3.41. The number of ether oxygens (including phenoxy) is 1. The quantitative estimate of drug-likeness (QED) is 0.872. The molecule has 1 atom stereocenters. The van der Waals surface area contributed by atoms with Crippen LogP contribution in [0.15, 0.2) is 59.8 Å². The van der Waals surface area contributed by atoms with Gasteiger partial charge in [0, 0.05) is 6.54 Å². The van der Waals surface area contributed by atoms with E-state index in [-0.39, 0.29) is 17.8 Å². The second kappa shape index (κ2) is 6.75. The molecule has 0 unspecified atom stereocenters. The van der Waals surface area contributed by atoms with E-state index in [0.717, 1.165) is 11.1 Å². The molecule has 2 N–H and O–H groups in total. The van der Waals surface area contributed by atoms with Crippen molar-refractivity contribution in [2.24, 2.45) is 0 Å². The predicted octanol–water partition coefficient (Wildman–Crippen LogP) is 2.48. The smallest absolute Gasteiger partial charge is 0.319 e. The lowest BCUT2D eigenvalue weighted by Gasteiger charge is -2.25. The number of hydrogen-bond donors (Lipinski definition) is 2. The molecular formula is C20H18FN3O3. The number of nitrogens with zero attached hydrogens (tertiary/aromatic N) is 1. The fourth-order valence-electron chi connectivity index (χ4n) is 3.41. The Morgan fingerprint density at radius 3 is 2.48 bits per heavy atom. The Balaban J connectivity index is 1.60. The van der Waals surface area contributed by atoms with Crippen LogP contribution in [0.4, 0.5) is 9.18 Å². The van der Waals surface area contributed by atoms with Gasteiger partial charge in [-0.25, -0.2) is 9.18 Å². The van der Waals surface area contributed by atoms with Crippen LogP contribution in [-0.4, -0.2) is 30.5 Å². The largest absolute Gasteiger partial charge is 0.497 e. The summed E-state index contributed by atoms with van der Waals surface area (Å²) in [6.07, 6.45) is 0. The zero-order chi connectivity index (χ0) is 19.0. The monoisotopic (exact) mass is 367 g/mol. The number of halogens is 1. The lowest BCUT2D eigenvalue weighted by atomic mass is 9.96. The highest BCUT2D eigenvalue weighted by atomic mass is 19.1. The average molecular weight is 367 g/mol. The maximum absolute atomic E-state index is 13.1. The number of carbonyl (C=O) groups is 2. The van der Waals surface area contributed by atoms with Gasteiger partial charge in [-0.05, 0) is 35.4 Å². The van der Waals surface area contributed by atoms with Crippen LogP contribution < -0.4 is 15.4 Å². The van der Waals surface area contributed by atoms with Crippen molar-refractivity contribution in [2.75, 3.05) is 13.7 Å². The average Bonchev–Trinajstić information content (AvgIpc) is 2.98. The van der Waals surface area contributed by atoms with E-state index in [4.69, 9.17) is 4.74 Å². The number of amides is 3. The van der Waals surface area contributed by atoms with E-state index in [2.05, 4.69) is 10.6 Å². The van der Waals surface area contributed by atoms with Crippen LogP contribution in [0.1, 0.15) is 17.2 Å². The molecule has 7 heteroatoms. The van der Waals surface area contributed by atoms with Crippen LogP contribution in [0.5, 0.6) is 5.75 Å². The molecule has 6 nitrogen and oxygen atoms in total. The standard InChI is InChI=1S/C20H18FN3O3/c1-27-15-8-4-13(5-9-15)18-17-16(22-20(26)23-18)11-24(19(17)25)10-12-2-6-14(21)7-3-12/h2-9,18H,10-11H2,1H3,(H2,22,23,26)/t18-/m0/s1. The van der Waals surface area contributed by atoms with E-state index in [1.807, 2.05) is 12.1 Å². The molecule has 0 radical (unpaired) electrons. The third-order valence-corrected chi connectivity index (χ3v) is 4.76. The van der Waals surface area contributed by atoms with Crippen LogP contribution in [0.25, 0.3) is 0 Å². The first kappa shape index (κ1) is 17.1. The molecule has 4 rings (SSSR count). The minimum atomic E-state index is -0.523. The summed E-state index contributed by atoms with van der Waals surface area (Å²) in [5.74, 6) is 0.228.